The highest BCUT2D eigenvalue weighted by atomic mass is 15.3. The van der Waals surface area contributed by atoms with Gasteiger partial charge >= 0.3 is 0 Å². The number of aromatic nitrogens is 2. The van der Waals surface area contributed by atoms with Crippen LogP contribution in [0.2, 0.25) is 0 Å². The van der Waals surface area contributed by atoms with Crippen LogP contribution in [0.3, 0.4) is 0 Å². The molecule has 0 spiro atoms. The van der Waals surface area contributed by atoms with Gasteiger partial charge in [0.05, 0.1) is 23.9 Å². The zero-order valence-electron chi connectivity index (χ0n) is 16.1. The summed E-state index contributed by atoms with van der Waals surface area (Å²) in [6.45, 7) is 1.35. The van der Waals surface area contributed by atoms with E-state index in [1.54, 1.807) is 0 Å². The molecule has 28 heavy (non-hydrogen) atoms. The van der Waals surface area contributed by atoms with Crippen molar-refractivity contribution < 1.29 is 0 Å². The van der Waals surface area contributed by atoms with E-state index in [0.717, 1.165) is 30.4 Å². The molecule has 0 fully saturated rings. The highest BCUT2D eigenvalue weighted by Gasteiger charge is 2.28. The van der Waals surface area contributed by atoms with Crippen molar-refractivity contribution in [3.8, 4) is 6.07 Å². The van der Waals surface area contributed by atoms with Crippen LogP contribution < -0.4 is 5.73 Å². The third kappa shape index (κ3) is 3.72. The van der Waals surface area contributed by atoms with E-state index >= 15 is 0 Å². The van der Waals surface area contributed by atoms with Gasteiger partial charge in [-0.2, -0.15) is 10.4 Å². The summed E-state index contributed by atoms with van der Waals surface area (Å²) in [6, 6.07) is 20.7. The highest BCUT2D eigenvalue weighted by molar-refractivity contribution is 5.40. The average Bonchev–Trinajstić information content (AvgIpc) is 3.07. The Balaban J connectivity index is 1.75. The molecular formula is C24H26N4. The number of hydrogen-bond acceptors (Lipinski definition) is 3. The monoisotopic (exact) mass is 370 g/mol. The molecule has 2 N–H and O–H groups in total. The van der Waals surface area contributed by atoms with Crippen molar-refractivity contribution in [2.75, 3.05) is 6.54 Å². The standard InChI is InChI=1S/C24H26N4/c25-14-13-19-11-6-12-23-24(19)22(15-18-7-2-1-3-8-18)27-28(23)17-21-10-5-4-9-20(21)16-26/h1-5,7-10,19H,6,11-15,17,25H2. The molecule has 1 aliphatic rings. The molecular weight excluding hydrogens is 344 g/mol. The van der Waals surface area contributed by atoms with Gasteiger partial charge in [0.25, 0.3) is 0 Å². The largest absolute Gasteiger partial charge is 0.330 e. The molecule has 4 nitrogen and oxygen atoms in total. The summed E-state index contributed by atoms with van der Waals surface area (Å²) in [5, 5.41) is 14.5. The Bertz CT molecular complexity index is 982. The Hall–Kier alpha value is -2.90. The van der Waals surface area contributed by atoms with Gasteiger partial charge in [0.15, 0.2) is 0 Å². The number of nitrogens with zero attached hydrogens (tertiary/aromatic N) is 3. The molecule has 0 bridgehead atoms. The third-order valence-electron chi connectivity index (χ3n) is 5.74. The zero-order valence-corrected chi connectivity index (χ0v) is 16.1. The first-order valence-electron chi connectivity index (χ1n) is 10.1. The molecule has 1 unspecified atom stereocenters. The molecule has 1 heterocycles. The van der Waals surface area contributed by atoms with E-state index in [0.29, 0.717) is 19.0 Å². The summed E-state index contributed by atoms with van der Waals surface area (Å²) in [7, 11) is 0. The van der Waals surface area contributed by atoms with E-state index in [1.807, 2.05) is 30.3 Å². The molecule has 142 valence electrons. The first-order chi connectivity index (χ1) is 13.8. The predicted octanol–water partition coefficient (Wildman–Crippen LogP) is 4.16. The van der Waals surface area contributed by atoms with E-state index in [2.05, 4.69) is 35.0 Å². The zero-order chi connectivity index (χ0) is 19.3. The fraction of sp³-hybridized carbons (Fsp3) is 0.333. The van der Waals surface area contributed by atoms with Gasteiger partial charge in [0.2, 0.25) is 0 Å². The molecule has 4 rings (SSSR count). The van der Waals surface area contributed by atoms with Crippen LogP contribution in [0.25, 0.3) is 0 Å². The maximum absolute atomic E-state index is 9.45. The van der Waals surface area contributed by atoms with Crippen LogP contribution in [0, 0.1) is 11.3 Å². The summed E-state index contributed by atoms with van der Waals surface area (Å²) in [5.41, 5.74) is 12.9. The summed E-state index contributed by atoms with van der Waals surface area (Å²) >= 11 is 0. The minimum Gasteiger partial charge on any atom is -0.330 e. The van der Waals surface area contributed by atoms with Crippen LogP contribution >= 0.6 is 0 Å². The number of rotatable bonds is 6. The number of benzene rings is 2. The van der Waals surface area contributed by atoms with Gasteiger partial charge in [0, 0.05) is 12.1 Å². The van der Waals surface area contributed by atoms with E-state index in [4.69, 9.17) is 10.8 Å². The van der Waals surface area contributed by atoms with Gasteiger partial charge < -0.3 is 5.73 Å². The summed E-state index contributed by atoms with van der Waals surface area (Å²) in [6.07, 6.45) is 5.26. The lowest BCUT2D eigenvalue weighted by molar-refractivity contribution is 0.505. The Kier molecular flexibility index (Phi) is 5.55. The van der Waals surface area contributed by atoms with Gasteiger partial charge in [0.1, 0.15) is 0 Å². The number of nitriles is 1. The van der Waals surface area contributed by atoms with Crippen molar-refractivity contribution in [3.05, 3.63) is 88.2 Å². The molecule has 3 aromatic rings. The fourth-order valence-corrected chi connectivity index (χ4v) is 4.43. The first kappa shape index (κ1) is 18.5. The van der Waals surface area contributed by atoms with Crippen LogP contribution in [-0.4, -0.2) is 16.3 Å². The molecule has 4 heteroatoms. The maximum atomic E-state index is 9.45. The summed E-state index contributed by atoms with van der Waals surface area (Å²) in [5.74, 6) is 0.493. The van der Waals surface area contributed by atoms with E-state index in [-0.39, 0.29) is 0 Å². The van der Waals surface area contributed by atoms with Crippen molar-refractivity contribution >= 4 is 0 Å². The van der Waals surface area contributed by atoms with Crippen molar-refractivity contribution in [1.29, 1.82) is 5.26 Å². The molecule has 1 atom stereocenters. The molecule has 0 saturated heterocycles. The second-order valence-corrected chi connectivity index (χ2v) is 7.56. The highest BCUT2D eigenvalue weighted by Crippen LogP contribution is 2.37. The predicted molar refractivity (Wildman–Crippen MR) is 111 cm³/mol. The Morgan fingerprint density at radius 3 is 2.68 bits per heavy atom. The molecule has 1 aromatic heterocycles. The second kappa shape index (κ2) is 8.41. The number of hydrogen-bond donors (Lipinski definition) is 1. The SMILES string of the molecule is N#Cc1ccccc1Cn1nc(Cc2ccccc2)c2c1CCCC2CCN. The van der Waals surface area contributed by atoms with Gasteiger partial charge in [-0.25, -0.2) is 0 Å². The minimum atomic E-state index is 0.493. The van der Waals surface area contributed by atoms with E-state index < -0.39 is 0 Å². The molecule has 0 saturated carbocycles. The number of nitrogens with two attached hydrogens (primary N) is 1. The average molecular weight is 371 g/mol. The van der Waals surface area contributed by atoms with Crippen LogP contribution in [0.5, 0.6) is 0 Å². The smallest absolute Gasteiger partial charge is 0.0995 e. The van der Waals surface area contributed by atoms with Gasteiger partial charge in [-0.3, -0.25) is 4.68 Å². The summed E-state index contributed by atoms with van der Waals surface area (Å²) in [4.78, 5) is 0. The molecule has 2 aromatic carbocycles. The first-order valence-corrected chi connectivity index (χ1v) is 10.1. The van der Waals surface area contributed by atoms with Crippen molar-refractivity contribution in [3.63, 3.8) is 0 Å². The Morgan fingerprint density at radius 1 is 1.11 bits per heavy atom. The topological polar surface area (TPSA) is 67.6 Å². The lowest BCUT2D eigenvalue weighted by Crippen LogP contribution is -2.16. The third-order valence-corrected chi connectivity index (χ3v) is 5.74. The quantitative estimate of drug-likeness (QED) is 0.708. The fourth-order valence-electron chi connectivity index (χ4n) is 4.43. The molecule has 0 aliphatic heterocycles. The number of fused-ring (bicyclic) bond motifs is 1. The van der Waals surface area contributed by atoms with Gasteiger partial charge in [-0.15, -0.1) is 0 Å². The van der Waals surface area contributed by atoms with Crippen molar-refractivity contribution in [2.45, 2.75) is 44.6 Å². The van der Waals surface area contributed by atoms with Crippen molar-refractivity contribution in [2.24, 2.45) is 5.73 Å². The molecule has 1 aliphatic carbocycles. The maximum Gasteiger partial charge on any atom is 0.0995 e. The van der Waals surface area contributed by atoms with Crippen molar-refractivity contribution in [1.82, 2.24) is 9.78 Å². The Morgan fingerprint density at radius 2 is 1.89 bits per heavy atom. The van der Waals surface area contributed by atoms with Gasteiger partial charge in [-0.1, -0.05) is 48.5 Å². The molecule has 0 amide bonds. The molecule has 0 radical (unpaired) electrons. The Labute approximate surface area is 166 Å². The van der Waals surface area contributed by atoms with E-state index in [1.165, 1.54) is 35.4 Å². The lowest BCUT2D eigenvalue weighted by atomic mass is 9.82. The van der Waals surface area contributed by atoms with Crippen LogP contribution in [-0.2, 0) is 19.4 Å². The van der Waals surface area contributed by atoms with Crippen LogP contribution in [0.4, 0.5) is 0 Å². The summed E-state index contributed by atoms with van der Waals surface area (Å²) < 4.78 is 2.15. The normalized spacial score (nSPS) is 15.8. The van der Waals surface area contributed by atoms with E-state index in [9.17, 15) is 5.26 Å². The minimum absolute atomic E-state index is 0.493. The second-order valence-electron chi connectivity index (χ2n) is 7.56. The lowest BCUT2D eigenvalue weighted by Gasteiger charge is -2.24. The van der Waals surface area contributed by atoms with Crippen LogP contribution in [0.1, 0.15) is 58.8 Å². The van der Waals surface area contributed by atoms with Gasteiger partial charge in [-0.05, 0) is 60.9 Å². The van der Waals surface area contributed by atoms with Crippen LogP contribution in [0.15, 0.2) is 54.6 Å².